The molecule has 4 rings (SSSR count). The van der Waals surface area contributed by atoms with Crippen LogP contribution in [0.1, 0.15) is 35.7 Å². The molecule has 4 aromatic rings. The van der Waals surface area contributed by atoms with E-state index in [1.165, 1.54) is 5.56 Å². The molecule has 0 atom stereocenters. The van der Waals surface area contributed by atoms with Crippen molar-refractivity contribution in [1.29, 1.82) is 0 Å². The Labute approximate surface area is 163 Å². The minimum atomic E-state index is -0.209. The lowest BCUT2D eigenvalue weighted by Gasteiger charge is -2.12. The molecule has 0 radical (unpaired) electrons. The molecule has 0 saturated carbocycles. The van der Waals surface area contributed by atoms with Crippen molar-refractivity contribution in [2.75, 3.05) is 10.6 Å². The molecule has 140 valence electrons. The lowest BCUT2D eigenvalue weighted by Crippen LogP contribution is -2.14. The van der Waals surface area contributed by atoms with Gasteiger partial charge in [-0.1, -0.05) is 26.0 Å². The first-order valence-corrected chi connectivity index (χ1v) is 9.16. The SMILES string of the molecule is CC(C)c1cccc(NC(=O)c2cccnc2Nc2ccc3cn[nH]c3c2)c1. The summed E-state index contributed by atoms with van der Waals surface area (Å²) in [5.74, 6) is 0.683. The van der Waals surface area contributed by atoms with Gasteiger partial charge in [0.25, 0.3) is 5.91 Å². The molecule has 2 aromatic heterocycles. The molecule has 2 aromatic carbocycles. The predicted molar refractivity (Wildman–Crippen MR) is 112 cm³/mol. The summed E-state index contributed by atoms with van der Waals surface area (Å²) in [6.45, 7) is 4.25. The third kappa shape index (κ3) is 3.71. The van der Waals surface area contributed by atoms with Crippen molar-refractivity contribution in [3.05, 3.63) is 78.1 Å². The molecule has 0 fully saturated rings. The number of nitrogens with zero attached hydrogens (tertiary/aromatic N) is 2. The van der Waals surface area contributed by atoms with Crippen molar-refractivity contribution < 1.29 is 4.79 Å². The number of anilines is 3. The number of carbonyl (C=O) groups excluding carboxylic acids is 1. The van der Waals surface area contributed by atoms with Crippen molar-refractivity contribution in [2.45, 2.75) is 19.8 Å². The van der Waals surface area contributed by atoms with E-state index in [9.17, 15) is 4.79 Å². The summed E-state index contributed by atoms with van der Waals surface area (Å²) in [5.41, 5.74) is 4.16. The molecule has 6 nitrogen and oxygen atoms in total. The number of carbonyl (C=O) groups is 1. The third-order valence-corrected chi connectivity index (χ3v) is 4.57. The third-order valence-electron chi connectivity index (χ3n) is 4.57. The fraction of sp³-hybridized carbons (Fsp3) is 0.136. The summed E-state index contributed by atoms with van der Waals surface area (Å²) < 4.78 is 0. The average molecular weight is 371 g/mol. The van der Waals surface area contributed by atoms with Crippen LogP contribution >= 0.6 is 0 Å². The molecule has 0 unspecified atom stereocenters. The molecule has 0 aliphatic heterocycles. The van der Waals surface area contributed by atoms with Crippen LogP contribution < -0.4 is 10.6 Å². The van der Waals surface area contributed by atoms with Crippen LogP contribution in [0.5, 0.6) is 0 Å². The molecular weight excluding hydrogens is 350 g/mol. The predicted octanol–water partition coefficient (Wildman–Crippen LogP) is 5.08. The summed E-state index contributed by atoms with van der Waals surface area (Å²) in [6.07, 6.45) is 3.43. The van der Waals surface area contributed by atoms with Crippen LogP contribution in [0.2, 0.25) is 0 Å². The molecule has 0 spiro atoms. The van der Waals surface area contributed by atoms with Crippen molar-refractivity contribution in [3.8, 4) is 0 Å². The van der Waals surface area contributed by atoms with Gasteiger partial charge in [0, 0.05) is 23.0 Å². The zero-order valence-corrected chi connectivity index (χ0v) is 15.7. The van der Waals surface area contributed by atoms with E-state index in [1.54, 1.807) is 24.5 Å². The Morgan fingerprint density at radius 1 is 1.04 bits per heavy atom. The van der Waals surface area contributed by atoms with Gasteiger partial charge < -0.3 is 10.6 Å². The summed E-state index contributed by atoms with van der Waals surface area (Å²) >= 11 is 0. The van der Waals surface area contributed by atoms with E-state index in [0.29, 0.717) is 17.3 Å². The van der Waals surface area contributed by atoms with Crippen LogP contribution in [-0.4, -0.2) is 21.1 Å². The normalized spacial score (nSPS) is 11.0. The topological polar surface area (TPSA) is 82.7 Å². The monoisotopic (exact) mass is 371 g/mol. The number of hydrogen-bond acceptors (Lipinski definition) is 4. The molecule has 0 bridgehead atoms. The summed E-state index contributed by atoms with van der Waals surface area (Å²) in [5, 5.41) is 14.2. The van der Waals surface area contributed by atoms with Gasteiger partial charge in [0.2, 0.25) is 0 Å². The second-order valence-corrected chi connectivity index (χ2v) is 6.93. The van der Waals surface area contributed by atoms with E-state index in [-0.39, 0.29) is 5.91 Å². The largest absolute Gasteiger partial charge is 0.340 e. The first-order chi connectivity index (χ1) is 13.6. The number of hydrogen-bond donors (Lipinski definition) is 3. The number of aromatic nitrogens is 3. The van der Waals surface area contributed by atoms with E-state index in [2.05, 4.69) is 45.7 Å². The van der Waals surface area contributed by atoms with Gasteiger partial charge >= 0.3 is 0 Å². The number of pyridine rings is 1. The minimum Gasteiger partial charge on any atom is -0.340 e. The molecule has 28 heavy (non-hydrogen) atoms. The number of nitrogens with one attached hydrogen (secondary N) is 3. The van der Waals surface area contributed by atoms with E-state index < -0.39 is 0 Å². The van der Waals surface area contributed by atoms with E-state index in [0.717, 1.165) is 22.3 Å². The van der Waals surface area contributed by atoms with Gasteiger partial charge in [-0.3, -0.25) is 9.89 Å². The van der Waals surface area contributed by atoms with Crippen molar-refractivity contribution in [3.63, 3.8) is 0 Å². The van der Waals surface area contributed by atoms with Gasteiger partial charge in [0.15, 0.2) is 0 Å². The number of aromatic amines is 1. The molecule has 6 heteroatoms. The molecule has 0 saturated heterocycles. The number of amides is 1. The molecule has 1 amide bonds. The number of H-pyrrole nitrogens is 1. The quantitative estimate of drug-likeness (QED) is 0.457. The van der Waals surface area contributed by atoms with E-state index >= 15 is 0 Å². The maximum Gasteiger partial charge on any atom is 0.259 e. The highest BCUT2D eigenvalue weighted by Crippen LogP contribution is 2.24. The summed E-state index contributed by atoms with van der Waals surface area (Å²) in [6, 6.07) is 17.2. The van der Waals surface area contributed by atoms with Crippen LogP contribution in [0.3, 0.4) is 0 Å². The Bertz CT molecular complexity index is 1130. The zero-order valence-electron chi connectivity index (χ0n) is 15.7. The Morgan fingerprint density at radius 2 is 1.93 bits per heavy atom. The van der Waals surface area contributed by atoms with Crippen LogP contribution in [0, 0.1) is 0 Å². The number of rotatable bonds is 5. The van der Waals surface area contributed by atoms with Crippen molar-refractivity contribution in [2.24, 2.45) is 0 Å². The summed E-state index contributed by atoms with van der Waals surface area (Å²) in [4.78, 5) is 17.2. The van der Waals surface area contributed by atoms with Gasteiger partial charge in [-0.05, 0) is 53.9 Å². The van der Waals surface area contributed by atoms with Crippen LogP contribution in [0.15, 0.2) is 67.0 Å². The summed E-state index contributed by atoms with van der Waals surface area (Å²) in [7, 11) is 0. The highest BCUT2D eigenvalue weighted by atomic mass is 16.1. The molecule has 0 aliphatic carbocycles. The van der Waals surface area contributed by atoms with Crippen molar-refractivity contribution in [1.82, 2.24) is 15.2 Å². The Morgan fingerprint density at radius 3 is 2.79 bits per heavy atom. The lowest BCUT2D eigenvalue weighted by molar-refractivity contribution is 0.102. The van der Waals surface area contributed by atoms with E-state index in [1.807, 2.05) is 36.4 Å². The fourth-order valence-corrected chi connectivity index (χ4v) is 3.01. The Balaban J connectivity index is 1.58. The highest BCUT2D eigenvalue weighted by Gasteiger charge is 2.13. The van der Waals surface area contributed by atoms with Crippen LogP contribution in [-0.2, 0) is 0 Å². The second kappa shape index (κ2) is 7.52. The Hall–Kier alpha value is -3.67. The first-order valence-electron chi connectivity index (χ1n) is 9.16. The van der Waals surface area contributed by atoms with Gasteiger partial charge in [0.05, 0.1) is 17.3 Å². The molecule has 0 aliphatic rings. The van der Waals surface area contributed by atoms with Crippen molar-refractivity contribution >= 4 is 34.0 Å². The van der Waals surface area contributed by atoms with Crippen LogP contribution in [0.4, 0.5) is 17.2 Å². The molecule has 3 N–H and O–H groups in total. The minimum absolute atomic E-state index is 0.209. The average Bonchev–Trinajstić information content (AvgIpc) is 3.16. The van der Waals surface area contributed by atoms with Gasteiger partial charge in [-0.25, -0.2) is 4.98 Å². The fourth-order valence-electron chi connectivity index (χ4n) is 3.01. The van der Waals surface area contributed by atoms with Crippen LogP contribution in [0.25, 0.3) is 10.9 Å². The van der Waals surface area contributed by atoms with Gasteiger partial charge in [-0.15, -0.1) is 0 Å². The first kappa shape index (κ1) is 17.7. The molecule has 2 heterocycles. The maximum absolute atomic E-state index is 12.9. The second-order valence-electron chi connectivity index (χ2n) is 6.93. The lowest BCUT2D eigenvalue weighted by atomic mass is 10.0. The number of fused-ring (bicyclic) bond motifs is 1. The maximum atomic E-state index is 12.9. The zero-order chi connectivity index (χ0) is 19.5. The standard InChI is InChI=1S/C22H21N5O/c1-14(2)15-5-3-6-17(11-15)26-22(28)19-7-4-10-23-21(19)25-18-9-8-16-13-24-27-20(16)12-18/h3-14H,1-2H3,(H,23,25)(H,24,27)(H,26,28). The smallest absolute Gasteiger partial charge is 0.259 e. The Kier molecular flexibility index (Phi) is 4.76. The van der Waals surface area contributed by atoms with Gasteiger partial charge in [-0.2, -0.15) is 5.10 Å². The highest BCUT2D eigenvalue weighted by molar-refractivity contribution is 6.07. The van der Waals surface area contributed by atoms with E-state index in [4.69, 9.17) is 0 Å². The number of benzene rings is 2. The van der Waals surface area contributed by atoms with Gasteiger partial charge in [0.1, 0.15) is 5.82 Å². The molecular formula is C22H21N5O.